The van der Waals surface area contributed by atoms with Crippen LogP contribution in [-0.2, 0) is 0 Å². The second kappa shape index (κ2) is 12.0. The minimum Gasteiger partial charge on any atom is -0.497 e. The fourth-order valence-corrected chi connectivity index (χ4v) is 5.95. The predicted molar refractivity (Wildman–Crippen MR) is 152 cm³/mol. The summed E-state index contributed by atoms with van der Waals surface area (Å²) in [6.07, 6.45) is 0. The van der Waals surface area contributed by atoms with Crippen molar-refractivity contribution in [1.82, 2.24) is 0 Å². The van der Waals surface area contributed by atoms with Gasteiger partial charge in [-0.3, -0.25) is 14.4 Å². The Hall–Kier alpha value is -4.08. The first-order valence-corrected chi connectivity index (χ1v) is 13.4. The van der Waals surface area contributed by atoms with Gasteiger partial charge in [0, 0.05) is 16.8 Å². The first-order valence-electron chi connectivity index (χ1n) is 11.6. The summed E-state index contributed by atoms with van der Waals surface area (Å²) in [6, 6.07) is 20.8. The van der Waals surface area contributed by atoms with Crippen LogP contribution in [0.25, 0.3) is 0 Å². The number of carbonyl (C=O) groups excluding carboxylic acids is 3. The van der Waals surface area contributed by atoms with Crippen molar-refractivity contribution < 1.29 is 23.9 Å². The van der Waals surface area contributed by atoms with Crippen molar-refractivity contribution in [3.8, 4) is 11.5 Å². The number of carbonyl (C=O) groups is 3. The molecule has 0 spiro atoms. The molecule has 7 nitrogen and oxygen atoms in total. The number of rotatable bonds is 10. The van der Waals surface area contributed by atoms with E-state index in [4.69, 9.17) is 15.2 Å². The van der Waals surface area contributed by atoms with Gasteiger partial charge < -0.3 is 20.5 Å². The van der Waals surface area contributed by atoms with Crippen LogP contribution in [0.15, 0.2) is 77.0 Å². The van der Waals surface area contributed by atoms with Gasteiger partial charge in [0.05, 0.1) is 40.3 Å². The molecule has 0 aliphatic heterocycles. The Morgan fingerprint density at radius 3 is 1.95 bits per heavy atom. The van der Waals surface area contributed by atoms with E-state index in [0.29, 0.717) is 32.5 Å². The first-order chi connectivity index (χ1) is 18.3. The van der Waals surface area contributed by atoms with Crippen LogP contribution < -0.4 is 20.5 Å². The van der Waals surface area contributed by atoms with Crippen molar-refractivity contribution in [3.63, 3.8) is 0 Å². The molecule has 38 heavy (non-hydrogen) atoms. The number of ketones is 2. The molecule has 0 unspecified atom stereocenters. The molecular weight excluding hydrogens is 520 g/mol. The highest BCUT2D eigenvalue weighted by molar-refractivity contribution is 8.01. The molecular formula is C29H26N2O5S2. The largest absolute Gasteiger partial charge is 0.497 e. The highest BCUT2D eigenvalue weighted by Gasteiger charge is 2.27. The number of methoxy groups -OCH3 is 2. The summed E-state index contributed by atoms with van der Waals surface area (Å²) in [5, 5.41) is 2.85. The van der Waals surface area contributed by atoms with E-state index < -0.39 is 5.91 Å². The Morgan fingerprint density at radius 1 is 0.842 bits per heavy atom. The molecule has 0 fully saturated rings. The van der Waals surface area contributed by atoms with Gasteiger partial charge in [-0.2, -0.15) is 0 Å². The van der Waals surface area contributed by atoms with Crippen LogP contribution in [0, 0.1) is 6.92 Å². The normalized spacial score (nSPS) is 10.6. The van der Waals surface area contributed by atoms with Crippen molar-refractivity contribution >= 4 is 51.9 Å². The number of hydrogen-bond acceptors (Lipinski definition) is 8. The molecule has 0 atom stereocenters. The van der Waals surface area contributed by atoms with Gasteiger partial charge in [0.25, 0.3) is 5.91 Å². The standard InChI is InChI=1S/C29H26N2O5S2/c1-17-4-10-20(11-5-17)31-28(34)24-25(30)27(26(33)19-8-14-22(36-3)15-9-19)38-29(24)37-16-23(32)18-6-12-21(35-2)13-7-18/h4-15H,16,30H2,1-3H3,(H,31,34). The Kier molecular flexibility index (Phi) is 8.50. The van der Waals surface area contributed by atoms with Gasteiger partial charge in [0.2, 0.25) is 5.78 Å². The molecule has 1 heterocycles. The SMILES string of the molecule is COc1ccc(C(=O)CSc2sc(C(=O)c3ccc(OC)cc3)c(N)c2C(=O)Nc2ccc(C)cc2)cc1. The molecule has 0 saturated carbocycles. The van der Waals surface area contributed by atoms with E-state index >= 15 is 0 Å². The smallest absolute Gasteiger partial charge is 0.259 e. The number of nitrogen functional groups attached to an aromatic ring is 1. The summed E-state index contributed by atoms with van der Waals surface area (Å²) >= 11 is 2.29. The summed E-state index contributed by atoms with van der Waals surface area (Å²) in [7, 11) is 3.10. The molecule has 1 aromatic heterocycles. The van der Waals surface area contributed by atoms with E-state index in [1.54, 1.807) is 74.9 Å². The van der Waals surface area contributed by atoms with Gasteiger partial charge in [-0.1, -0.05) is 17.7 Å². The fraction of sp³-hybridized carbons (Fsp3) is 0.138. The first kappa shape index (κ1) is 27.0. The van der Waals surface area contributed by atoms with Gasteiger partial charge in [0.1, 0.15) is 11.5 Å². The molecule has 0 saturated heterocycles. The number of Topliss-reactive ketones (excluding diaryl/α,β-unsaturated/α-hetero) is 1. The maximum absolute atomic E-state index is 13.4. The predicted octanol–water partition coefficient (Wildman–Crippen LogP) is 6.11. The van der Waals surface area contributed by atoms with E-state index in [-0.39, 0.29) is 33.4 Å². The third-order valence-electron chi connectivity index (χ3n) is 5.75. The van der Waals surface area contributed by atoms with Crippen LogP contribution in [0.2, 0.25) is 0 Å². The molecule has 1 amide bonds. The molecule has 0 aliphatic rings. The molecule has 3 aromatic carbocycles. The fourth-order valence-electron chi connectivity index (χ4n) is 3.60. The van der Waals surface area contributed by atoms with E-state index in [1.165, 1.54) is 11.8 Å². The second-order valence-electron chi connectivity index (χ2n) is 8.33. The lowest BCUT2D eigenvalue weighted by molar-refractivity contribution is 0.101. The molecule has 0 bridgehead atoms. The Labute approximate surface area is 229 Å². The second-order valence-corrected chi connectivity index (χ2v) is 10.6. The zero-order valence-corrected chi connectivity index (χ0v) is 22.7. The topological polar surface area (TPSA) is 108 Å². The molecule has 0 aliphatic carbocycles. The van der Waals surface area contributed by atoms with E-state index in [9.17, 15) is 14.4 Å². The van der Waals surface area contributed by atoms with Crippen LogP contribution in [0.5, 0.6) is 11.5 Å². The van der Waals surface area contributed by atoms with Crippen LogP contribution in [-0.4, -0.2) is 37.4 Å². The molecule has 194 valence electrons. The molecule has 4 rings (SSSR count). The van der Waals surface area contributed by atoms with Crippen molar-refractivity contribution in [2.75, 3.05) is 31.0 Å². The molecule has 4 aromatic rings. The van der Waals surface area contributed by atoms with Crippen LogP contribution in [0.4, 0.5) is 11.4 Å². The number of ether oxygens (including phenoxy) is 2. The maximum Gasteiger partial charge on any atom is 0.259 e. The van der Waals surface area contributed by atoms with E-state index in [0.717, 1.165) is 16.9 Å². The minimum absolute atomic E-state index is 0.0628. The Balaban J connectivity index is 1.64. The van der Waals surface area contributed by atoms with Crippen molar-refractivity contribution in [3.05, 3.63) is 99.9 Å². The summed E-state index contributed by atoms with van der Waals surface area (Å²) < 4.78 is 10.8. The number of nitrogens with two attached hydrogens (primary N) is 1. The lowest BCUT2D eigenvalue weighted by Crippen LogP contribution is -2.15. The monoisotopic (exact) mass is 546 g/mol. The molecule has 0 radical (unpaired) electrons. The highest BCUT2D eigenvalue weighted by atomic mass is 32.2. The van der Waals surface area contributed by atoms with Gasteiger partial charge in [-0.05, 0) is 67.6 Å². The number of thiophene rings is 1. The van der Waals surface area contributed by atoms with E-state index in [1.807, 2.05) is 19.1 Å². The number of hydrogen-bond donors (Lipinski definition) is 2. The highest BCUT2D eigenvalue weighted by Crippen LogP contribution is 2.40. The molecule has 3 N–H and O–H groups in total. The molecule has 9 heteroatoms. The Bertz CT molecular complexity index is 1460. The van der Waals surface area contributed by atoms with Crippen LogP contribution >= 0.6 is 23.1 Å². The number of aryl methyl sites for hydroxylation is 1. The summed E-state index contributed by atoms with van der Waals surface area (Å²) in [5.74, 6) is 0.443. The van der Waals surface area contributed by atoms with Crippen LogP contribution in [0.3, 0.4) is 0 Å². The van der Waals surface area contributed by atoms with Crippen molar-refractivity contribution in [2.45, 2.75) is 11.1 Å². The van der Waals surface area contributed by atoms with Crippen molar-refractivity contribution in [2.24, 2.45) is 0 Å². The number of benzene rings is 3. The van der Waals surface area contributed by atoms with Crippen LogP contribution in [0.1, 0.15) is 41.5 Å². The summed E-state index contributed by atoms with van der Waals surface area (Å²) in [5.41, 5.74) is 9.26. The van der Waals surface area contributed by atoms with Crippen molar-refractivity contribution in [1.29, 1.82) is 0 Å². The zero-order valence-electron chi connectivity index (χ0n) is 21.1. The Morgan fingerprint density at radius 2 is 1.39 bits per heavy atom. The summed E-state index contributed by atoms with van der Waals surface area (Å²) in [4.78, 5) is 39.8. The number of anilines is 2. The third kappa shape index (κ3) is 6.07. The number of nitrogens with one attached hydrogen (secondary N) is 1. The third-order valence-corrected chi connectivity index (χ3v) is 8.23. The lowest BCUT2D eigenvalue weighted by atomic mass is 10.1. The van der Waals surface area contributed by atoms with Gasteiger partial charge >= 0.3 is 0 Å². The lowest BCUT2D eigenvalue weighted by Gasteiger charge is -2.08. The minimum atomic E-state index is -0.448. The van der Waals surface area contributed by atoms with Gasteiger partial charge in [-0.15, -0.1) is 23.1 Å². The summed E-state index contributed by atoms with van der Waals surface area (Å²) in [6.45, 7) is 1.95. The quantitative estimate of drug-likeness (QED) is 0.182. The zero-order chi connectivity index (χ0) is 27.2. The van der Waals surface area contributed by atoms with Gasteiger partial charge in [0.15, 0.2) is 5.78 Å². The maximum atomic E-state index is 13.4. The van der Waals surface area contributed by atoms with Gasteiger partial charge in [-0.25, -0.2) is 0 Å². The average Bonchev–Trinajstić information content (AvgIpc) is 3.28. The number of amides is 1. The van der Waals surface area contributed by atoms with E-state index in [2.05, 4.69) is 5.32 Å². The average molecular weight is 547 g/mol. The number of thioether (sulfide) groups is 1.